The van der Waals surface area contributed by atoms with Gasteiger partial charge < -0.3 is 14.6 Å². The van der Waals surface area contributed by atoms with Gasteiger partial charge in [0.2, 0.25) is 0 Å². The van der Waals surface area contributed by atoms with Crippen molar-refractivity contribution in [2.45, 2.75) is 95.7 Å². The third kappa shape index (κ3) is 5.69. The van der Waals surface area contributed by atoms with Crippen LogP contribution in [0.2, 0.25) is 16.6 Å². The molecule has 0 aromatic heterocycles. The maximum Gasteiger partial charge on any atom is 0.258 e. The van der Waals surface area contributed by atoms with E-state index in [0.29, 0.717) is 53.7 Å². The lowest BCUT2D eigenvalue weighted by Crippen LogP contribution is -2.50. The smallest absolute Gasteiger partial charge is 0.258 e. The molecule has 0 saturated carbocycles. The Kier molecular flexibility index (Phi) is 9.02. The number of piperidine rings is 1. The first-order chi connectivity index (χ1) is 16.8. The fraction of sp³-hybridized carbons (Fsp3) is 0.586. The lowest BCUT2D eigenvalue weighted by atomic mass is 9.83. The lowest BCUT2D eigenvalue weighted by molar-refractivity contribution is -0.0502. The molecule has 3 rings (SSSR count). The molecule has 2 aromatic carbocycles. The summed E-state index contributed by atoms with van der Waals surface area (Å²) >= 11 is 0. The minimum absolute atomic E-state index is 0.260. The monoisotopic (exact) mass is 519 g/mol. The van der Waals surface area contributed by atoms with E-state index in [2.05, 4.69) is 46.4 Å². The molecule has 0 aliphatic carbocycles. The molecule has 1 fully saturated rings. The molecule has 7 heteroatoms. The van der Waals surface area contributed by atoms with Gasteiger partial charge in [-0.05, 0) is 71.8 Å². The molecule has 0 radical (unpaired) electrons. The molecule has 4 nitrogen and oxygen atoms in total. The number of hydrogen-bond acceptors (Lipinski definition) is 4. The molecule has 2 N–H and O–H groups in total. The summed E-state index contributed by atoms with van der Waals surface area (Å²) < 4.78 is 35.1. The van der Waals surface area contributed by atoms with Gasteiger partial charge >= 0.3 is 0 Å². The molecule has 1 aliphatic rings. The fourth-order valence-corrected chi connectivity index (χ4v) is 11.4. The normalized spacial score (nSPS) is 18.6. The van der Waals surface area contributed by atoms with E-state index in [1.54, 1.807) is 24.3 Å². The summed E-state index contributed by atoms with van der Waals surface area (Å²) in [6.07, 6.45) is 0.0691. The Morgan fingerprint density at radius 1 is 0.861 bits per heavy atom. The summed E-state index contributed by atoms with van der Waals surface area (Å²) in [6, 6.07) is 10.6. The highest BCUT2D eigenvalue weighted by Crippen LogP contribution is 2.43. The first-order valence-corrected chi connectivity index (χ1v) is 15.3. The van der Waals surface area contributed by atoms with Crippen molar-refractivity contribution in [2.24, 2.45) is 0 Å². The molecule has 0 bridgehead atoms. The number of likely N-dealkylation sites (tertiary alicyclic amines) is 1. The zero-order valence-electron chi connectivity index (χ0n) is 22.8. The summed E-state index contributed by atoms with van der Waals surface area (Å²) in [5, 5.41) is 22.2. The Morgan fingerprint density at radius 2 is 1.39 bits per heavy atom. The standard InChI is InChI=1S/C29H43F2NO3Si/c1-19(2)36(20(3)4,21(5)6)35-27-13-8-23(18-26(27)31)28(33)22(7)32-16-14-29(34,15-17-32)24-9-11-25(30)12-10-24/h8-13,18-22,28,33-34H,14-17H2,1-7H3/t22-,28?/m1/s1. The van der Waals surface area contributed by atoms with Crippen LogP contribution in [0.5, 0.6) is 5.75 Å². The topological polar surface area (TPSA) is 52.9 Å². The maximum atomic E-state index is 15.3. The van der Waals surface area contributed by atoms with Crippen molar-refractivity contribution in [3.05, 3.63) is 65.2 Å². The Morgan fingerprint density at radius 3 is 1.86 bits per heavy atom. The lowest BCUT2D eigenvalue weighted by Gasteiger charge is -2.42. The van der Waals surface area contributed by atoms with E-state index >= 15 is 4.39 Å². The summed E-state index contributed by atoms with van der Waals surface area (Å²) in [5.74, 6) is -0.503. The molecule has 36 heavy (non-hydrogen) atoms. The van der Waals surface area contributed by atoms with Crippen molar-refractivity contribution in [2.75, 3.05) is 13.1 Å². The van der Waals surface area contributed by atoms with Gasteiger partial charge in [-0.3, -0.25) is 4.90 Å². The van der Waals surface area contributed by atoms with Crippen molar-refractivity contribution >= 4 is 8.32 Å². The predicted octanol–water partition coefficient (Wildman–Crippen LogP) is 6.92. The average Bonchev–Trinajstić information content (AvgIpc) is 2.82. The molecule has 1 aliphatic heterocycles. The van der Waals surface area contributed by atoms with Gasteiger partial charge in [-0.25, -0.2) is 8.78 Å². The molecule has 2 aromatic rings. The van der Waals surface area contributed by atoms with Crippen molar-refractivity contribution < 1.29 is 23.4 Å². The van der Waals surface area contributed by atoms with E-state index in [0.717, 1.165) is 0 Å². The maximum absolute atomic E-state index is 15.3. The summed E-state index contributed by atoms with van der Waals surface area (Å²) in [7, 11) is -2.29. The molecule has 1 heterocycles. The van der Waals surface area contributed by atoms with Crippen LogP contribution in [0.25, 0.3) is 0 Å². The van der Waals surface area contributed by atoms with Crippen LogP contribution in [-0.4, -0.2) is 42.6 Å². The van der Waals surface area contributed by atoms with Gasteiger partial charge in [0.1, 0.15) is 11.6 Å². The zero-order valence-corrected chi connectivity index (χ0v) is 23.8. The quantitative estimate of drug-likeness (QED) is 0.353. The van der Waals surface area contributed by atoms with Crippen LogP contribution in [0.15, 0.2) is 42.5 Å². The minimum Gasteiger partial charge on any atom is -0.541 e. The highest BCUT2D eigenvalue weighted by molar-refractivity contribution is 6.78. The number of rotatable bonds is 9. The van der Waals surface area contributed by atoms with E-state index in [9.17, 15) is 14.6 Å². The number of aliphatic hydroxyl groups excluding tert-OH is 1. The molecule has 0 amide bonds. The highest BCUT2D eigenvalue weighted by atomic mass is 28.4. The van der Waals surface area contributed by atoms with E-state index < -0.39 is 25.8 Å². The second-order valence-electron chi connectivity index (χ2n) is 11.4. The van der Waals surface area contributed by atoms with Crippen LogP contribution >= 0.6 is 0 Å². The first kappa shape index (κ1) is 28.8. The number of nitrogens with zero attached hydrogens (tertiary/aromatic N) is 1. The zero-order chi connectivity index (χ0) is 26.8. The van der Waals surface area contributed by atoms with Gasteiger partial charge in [-0.15, -0.1) is 0 Å². The molecule has 1 saturated heterocycles. The van der Waals surface area contributed by atoms with Crippen molar-refractivity contribution in [1.29, 1.82) is 0 Å². The fourth-order valence-electron chi connectivity index (χ4n) is 6.16. The van der Waals surface area contributed by atoms with E-state index in [4.69, 9.17) is 4.43 Å². The molecular weight excluding hydrogens is 476 g/mol. The van der Waals surface area contributed by atoms with Gasteiger partial charge in [-0.2, -0.15) is 0 Å². The Bertz CT molecular complexity index is 982. The summed E-state index contributed by atoms with van der Waals surface area (Å²) in [6.45, 7) is 16.1. The van der Waals surface area contributed by atoms with Crippen molar-refractivity contribution in [1.82, 2.24) is 4.90 Å². The molecule has 0 spiro atoms. The van der Waals surface area contributed by atoms with Crippen molar-refractivity contribution in [3.8, 4) is 5.75 Å². The molecule has 2 atom stereocenters. The van der Waals surface area contributed by atoms with Gasteiger partial charge in [0, 0.05) is 19.1 Å². The van der Waals surface area contributed by atoms with Gasteiger partial charge in [0.25, 0.3) is 8.32 Å². The highest BCUT2D eigenvalue weighted by Gasteiger charge is 2.47. The number of hydrogen-bond donors (Lipinski definition) is 2. The first-order valence-electron chi connectivity index (χ1n) is 13.2. The SMILES string of the molecule is CC(C)[Si](Oc1ccc(C(O)[C@@H](C)N2CCC(O)(c3ccc(F)cc3)CC2)cc1F)(C(C)C)C(C)C. The van der Waals surface area contributed by atoms with Crippen LogP contribution in [0.4, 0.5) is 8.78 Å². The van der Waals surface area contributed by atoms with Crippen LogP contribution in [-0.2, 0) is 5.60 Å². The van der Waals surface area contributed by atoms with Crippen LogP contribution in [0.1, 0.15) is 78.5 Å². The number of benzene rings is 2. The van der Waals surface area contributed by atoms with E-state index in [1.165, 1.54) is 18.2 Å². The van der Waals surface area contributed by atoms with Gasteiger partial charge in [0.05, 0.1) is 11.7 Å². The molecular formula is C29H43F2NO3Si. The van der Waals surface area contributed by atoms with E-state index in [-0.39, 0.29) is 17.6 Å². The predicted molar refractivity (Wildman–Crippen MR) is 144 cm³/mol. The largest absolute Gasteiger partial charge is 0.541 e. The minimum atomic E-state index is -2.29. The number of halogens is 2. The van der Waals surface area contributed by atoms with E-state index in [1.807, 2.05) is 6.92 Å². The summed E-state index contributed by atoms with van der Waals surface area (Å²) in [5.41, 5.74) is 1.19. The third-order valence-electron chi connectivity index (χ3n) is 8.33. The second kappa shape index (κ2) is 11.3. The molecule has 1 unspecified atom stereocenters. The number of aliphatic hydroxyl groups is 2. The van der Waals surface area contributed by atoms with Gasteiger partial charge in [-0.1, -0.05) is 59.7 Å². The Labute approximate surface area is 216 Å². The van der Waals surface area contributed by atoms with Crippen LogP contribution < -0.4 is 4.43 Å². The van der Waals surface area contributed by atoms with Gasteiger partial charge in [0.15, 0.2) is 5.82 Å². The second-order valence-corrected chi connectivity index (χ2v) is 16.7. The third-order valence-corrected chi connectivity index (χ3v) is 14.3. The van der Waals surface area contributed by atoms with Crippen molar-refractivity contribution in [3.63, 3.8) is 0 Å². The Hall–Kier alpha value is -1.80. The summed E-state index contributed by atoms with van der Waals surface area (Å²) in [4.78, 5) is 2.11. The Balaban J connectivity index is 1.71. The average molecular weight is 520 g/mol. The molecule has 200 valence electrons. The van der Waals surface area contributed by atoms with Crippen LogP contribution in [0.3, 0.4) is 0 Å². The van der Waals surface area contributed by atoms with Crippen LogP contribution in [0, 0.1) is 11.6 Å².